The summed E-state index contributed by atoms with van der Waals surface area (Å²) in [5.41, 5.74) is 1.15. The molecular weight excluding hydrogens is 428 g/mol. The Kier molecular flexibility index (Phi) is 5.01. The first kappa shape index (κ1) is 21.0. The van der Waals surface area contributed by atoms with Gasteiger partial charge in [-0.25, -0.2) is 9.55 Å². The molecule has 1 fully saturated rings. The highest BCUT2D eigenvalue weighted by Gasteiger charge is 2.47. The van der Waals surface area contributed by atoms with Crippen molar-refractivity contribution < 1.29 is 48.8 Å². The van der Waals surface area contributed by atoms with Crippen LogP contribution in [0.2, 0.25) is 0 Å². The van der Waals surface area contributed by atoms with Crippen molar-refractivity contribution in [2.75, 3.05) is 12.3 Å². The van der Waals surface area contributed by atoms with Crippen LogP contribution in [0.5, 0.6) is 0 Å². The number of nitrogens with zero attached hydrogens (tertiary/aromatic N) is 4. The van der Waals surface area contributed by atoms with E-state index in [-0.39, 0.29) is 4.34 Å². The number of aliphatic hydroxyl groups is 3. The lowest BCUT2D eigenvalue weighted by atomic mass is 10.1. The van der Waals surface area contributed by atoms with Gasteiger partial charge < -0.3 is 45.4 Å². The highest BCUT2D eigenvalue weighted by Crippen LogP contribution is 2.44. The smallest absolute Gasteiger partial charge is 0.394 e. The molecule has 1 saturated heterocycles. The van der Waals surface area contributed by atoms with Crippen LogP contribution < -0.4 is 16.9 Å². The van der Waals surface area contributed by atoms with E-state index in [9.17, 15) is 48.8 Å². The summed E-state index contributed by atoms with van der Waals surface area (Å²) in [5, 5.41) is 29.3. The van der Waals surface area contributed by atoms with Crippen LogP contribution in [-0.4, -0.2) is 78.7 Å². The lowest BCUT2D eigenvalue weighted by molar-refractivity contribution is -0.0499. The summed E-state index contributed by atoms with van der Waals surface area (Å²) < 4.78 is 29.3. The Morgan fingerprint density at radius 3 is 2.18 bits per heavy atom. The zero-order valence-electron chi connectivity index (χ0n) is 13.5. The van der Waals surface area contributed by atoms with Gasteiger partial charge in [0.15, 0.2) is 17.4 Å². The van der Waals surface area contributed by atoms with Crippen LogP contribution in [0.15, 0.2) is 4.79 Å². The molecule has 28 heavy (non-hydrogen) atoms. The Hall–Kier alpha value is -1.71. The number of nitrogen functional groups attached to an aromatic ring is 1. The number of hydrogen-bond acceptors (Lipinski definition) is 10. The topological polar surface area (TPSA) is 264 Å². The largest absolute Gasteiger partial charge is 0.438 e. The Morgan fingerprint density at radius 1 is 1.11 bits per heavy atom. The number of hydrogen-bond donors (Lipinski definition) is 8. The Balaban J connectivity index is 2.48. The number of imidazole rings is 1. The van der Waals surface area contributed by atoms with Crippen LogP contribution in [0.1, 0.15) is 6.23 Å². The van der Waals surface area contributed by atoms with Gasteiger partial charge in [-0.2, -0.15) is 9.32 Å². The van der Waals surface area contributed by atoms with E-state index < -0.39 is 74.7 Å². The van der Waals surface area contributed by atoms with E-state index in [1.807, 2.05) is 0 Å². The summed E-state index contributed by atoms with van der Waals surface area (Å²) in [6.45, 7) is -0.804. The van der Waals surface area contributed by atoms with Crippen LogP contribution in [-0.2, 0) is 13.9 Å². The van der Waals surface area contributed by atoms with Gasteiger partial charge in [0.1, 0.15) is 18.3 Å². The lowest BCUT2D eigenvalue weighted by Gasteiger charge is -2.22. The van der Waals surface area contributed by atoms with Crippen molar-refractivity contribution in [2.45, 2.75) is 24.5 Å². The van der Waals surface area contributed by atoms with Crippen molar-refractivity contribution in [3.63, 3.8) is 0 Å². The predicted octanol–water partition coefficient (Wildman–Crippen LogP) is -4.47. The number of rotatable bonds is 4. The number of anilines is 1. The van der Waals surface area contributed by atoms with E-state index in [1.165, 1.54) is 0 Å². The van der Waals surface area contributed by atoms with E-state index in [2.05, 4.69) is 9.97 Å². The summed E-state index contributed by atoms with van der Waals surface area (Å²) in [6, 6.07) is 0. The lowest BCUT2D eigenvalue weighted by Crippen LogP contribution is -2.35. The van der Waals surface area contributed by atoms with Crippen LogP contribution in [0.25, 0.3) is 11.2 Å². The normalized spacial score (nSPS) is 26.2. The van der Waals surface area contributed by atoms with Gasteiger partial charge in [-0.05, 0) is 0 Å². The van der Waals surface area contributed by atoms with Crippen molar-refractivity contribution in [1.82, 2.24) is 18.9 Å². The van der Waals surface area contributed by atoms with Gasteiger partial charge in [-0.1, -0.05) is 0 Å². The predicted molar refractivity (Wildman–Crippen MR) is 88.3 cm³/mol. The molecule has 18 heteroatoms. The number of fused-ring (bicyclic) bond motifs is 1. The van der Waals surface area contributed by atoms with Crippen molar-refractivity contribution in [1.29, 1.82) is 0 Å². The first-order valence-corrected chi connectivity index (χ1v) is 10.5. The molecule has 0 spiro atoms. The molecule has 3 rings (SSSR count). The fourth-order valence-electron chi connectivity index (χ4n) is 2.86. The van der Waals surface area contributed by atoms with Gasteiger partial charge in [0.2, 0.25) is 11.5 Å². The quantitative estimate of drug-likeness (QED) is 0.207. The SMILES string of the molecule is Nc1nc(=O)c2nc(P(=O)(O)O)n(C3OC(CO)C(O)C3O)c2n1P(=O)(O)O. The second-order valence-electron chi connectivity index (χ2n) is 5.83. The highest BCUT2D eigenvalue weighted by atomic mass is 31.2. The van der Waals surface area contributed by atoms with Gasteiger partial charge in [-0.3, -0.25) is 13.9 Å². The molecule has 0 saturated carbocycles. The van der Waals surface area contributed by atoms with Crippen LogP contribution >= 0.6 is 15.3 Å². The van der Waals surface area contributed by atoms with E-state index in [4.69, 9.17) is 10.5 Å². The summed E-state index contributed by atoms with van der Waals surface area (Å²) >= 11 is 0. The fourth-order valence-corrected chi connectivity index (χ4v) is 4.33. The summed E-state index contributed by atoms with van der Waals surface area (Å²) in [6.07, 6.45) is -6.95. The van der Waals surface area contributed by atoms with E-state index in [1.54, 1.807) is 0 Å². The second-order valence-corrected chi connectivity index (χ2v) is 8.74. The number of aromatic nitrogens is 4. The van der Waals surface area contributed by atoms with Crippen molar-refractivity contribution >= 4 is 38.0 Å². The van der Waals surface area contributed by atoms with Gasteiger partial charge in [-0.15, -0.1) is 0 Å². The van der Waals surface area contributed by atoms with Gasteiger partial charge >= 0.3 is 20.9 Å². The molecule has 2 aromatic rings. The van der Waals surface area contributed by atoms with Crippen molar-refractivity contribution in [3.05, 3.63) is 10.4 Å². The molecule has 156 valence electrons. The van der Waals surface area contributed by atoms with Crippen molar-refractivity contribution in [2.24, 2.45) is 0 Å². The molecule has 0 amide bonds. The first-order chi connectivity index (χ1) is 12.8. The fraction of sp³-hybridized carbons (Fsp3) is 0.500. The third-order valence-corrected chi connectivity index (χ3v) is 5.75. The Morgan fingerprint density at radius 2 is 1.71 bits per heavy atom. The van der Waals surface area contributed by atoms with Crippen LogP contribution in [0.4, 0.5) is 5.95 Å². The maximum absolute atomic E-state index is 12.1. The van der Waals surface area contributed by atoms with Gasteiger partial charge in [0.25, 0.3) is 0 Å². The second kappa shape index (κ2) is 6.67. The maximum Gasteiger partial charge on any atom is 0.438 e. The molecule has 3 heterocycles. The molecular formula is C10H15N5O11P2. The maximum atomic E-state index is 12.1. The van der Waals surface area contributed by atoms with E-state index >= 15 is 0 Å². The molecule has 0 aromatic carbocycles. The molecule has 9 N–H and O–H groups in total. The van der Waals surface area contributed by atoms with Crippen LogP contribution in [0.3, 0.4) is 0 Å². The number of ether oxygens (including phenoxy) is 1. The minimum atomic E-state index is -5.36. The Bertz CT molecular complexity index is 1090. The molecule has 0 aliphatic carbocycles. The average Bonchev–Trinajstić information content (AvgIpc) is 3.05. The monoisotopic (exact) mass is 443 g/mol. The molecule has 0 radical (unpaired) electrons. The summed E-state index contributed by atoms with van der Waals surface area (Å²) in [5.74, 6) is -1.00. The summed E-state index contributed by atoms with van der Waals surface area (Å²) in [7, 11) is -10.7. The molecule has 1 aliphatic heterocycles. The van der Waals surface area contributed by atoms with Crippen LogP contribution in [0, 0.1) is 0 Å². The highest BCUT2D eigenvalue weighted by molar-refractivity contribution is 7.59. The molecule has 16 nitrogen and oxygen atoms in total. The van der Waals surface area contributed by atoms with Crippen molar-refractivity contribution in [3.8, 4) is 0 Å². The third kappa shape index (κ3) is 3.19. The van der Waals surface area contributed by atoms with Gasteiger partial charge in [0.05, 0.1) is 6.61 Å². The average molecular weight is 443 g/mol. The molecule has 4 atom stereocenters. The minimum absolute atomic E-state index is 0.00930. The standard InChI is InChI=1S/C10H15N5O11P2/c11-9-13-6(19)3-7(15(9)28(23,24)25)14(10(12-3)27(20,21)22)8-5(18)4(17)2(1-16)26-8/h2,4-5,8,16-18H,1H2,(H2,11,13,19)(H2,20,21,22)(H2,23,24,25). The third-order valence-electron chi connectivity index (χ3n) is 4.00. The zero-order valence-corrected chi connectivity index (χ0v) is 15.3. The van der Waals surface area contributed by atoms with Gasteiger partial charge in [0, 0.05) is 0 Å². The first-order valence-electron chi connectivity index (χ1n) is 7.34. The number of aliphatic hydroxyl groups excluding tert-OH is 3. The minimum Gasteiger partial charge on any atom is -0.394 e. The molecule has 2 aromatic heterocycles. The Labute approximate surface area is 153 Å². The van der Waals surface area contributed by atoms with E-state index in [0.29, 0.717) is 4.57 Å². The molecule has 1 aliphatic rings. The van der Waals surface area contributed by atoms with E-state index in [0.717, 1.165) is 0 Å². The number of nitrogens with two attached hydrogens (primary N) is 1. The molecule has 4 unspecified atom stereocenters. The summed E-state index contributed by atoms with van der Waals surface area (Å²) in [4.78, 5) is 57.0. The molecule has 0 bridgehead atoms. The zero-order chi connectivity index (χ0) is 21.2.